The summed E-state index contributed by atoms with van der Waals surface area (Å²) in [4.78, 5) is 12.0. The second kappa shape index (κ2) is 7.42. The molecule has 0 aliphatic rings. The lowest BCUT2D eigenvalue weighted by molar-refractivity contribution is -0.121. The summed E-state index contributed by atoms with van der Waals surface area (Å²) >= 11 is 0. The zero-order valence-corrected chi connectivity index (χ0v) is 14.2. The van der Waals surface area contributed by atoms with Crippen LogP contribution < -0.4 is 10.1 Å². The van der Waals surface area contributed by atoms with Gasteiger partial charge in [-0.1, -0.05) is 6.07 Å². The van der Waals surface area contributed by atoms with Gasteiger partial charge in [-0.15, -0.1) is 0 Å². The lowest BCUT2D eigenvalue weighted by Gasteiger charge is -2.09. The predicted molar refractivity (Wildman–Crippen MR) is 85.8 cm³/mol. The number of benzene rings is 1. The van der Waals surface area contributed by atoms with Crippen molar-refractivity contribution in [2.24, 2.45) is 7.05 Å². The first-order valence-electron chi connectivity index (χ1n) is 7.61. The topological polar surface area (TPSA) is 56.1 Å². The molecule has 0 radical (unpaired) electrons. The van der Waals surface area contributed by atoms with E-state index in [1.165, 1.54) is 19.2 Å². The van der Waals surface area contributed by atoms with E-state index in [-0.39, 0.29) is 30.2 Å². The molecule has 130 valence electrons. The summed E-state index contributed by atoms with van der Waals surface area (Å²) < 4.78 is 34.0. The van der Waals surface area contributed by atoms with E-state index >= 15 is 0 Å². The molecule has 1 amide bonds. The van der Waals surface area contributed by atoms with Crippen molar-refractivity contribution in [1.82, 2.24) is 15.1 Å². The number of hydrogen-bond acceptors (Lipinski definition) is 3. The standard InChI is InChI=1S/C17H21F2N3O2/c1-10-13(11(2)22(3)21-10)6-8-15(23)20-9-12-5-7-14(24-4)17(19)16(12)18/h5,7H,6,8-9H2,1-4H3,(H,20,23). The third-order valence-corrected chi connectivity index (χ3v) is 4.08. The highest BCUT2D eigenvalue weighted by atomic mass is 19.2. The van der Waals surface area contributed by atoms with Crippen LogP contribution >= 0.6 is 0 Å². The Kier molecular flexibility index (Phi) is 5.54. The highest BCUT2D eigenvalue weighted by Crippen LogP contribution is 2.22. The van der Waals surface area contributed by atoms with E-state index in [1.807, 2.05) is 20.9 Å². The van der Waals surface area contributed by atoms with Crippen LogP contribution in [0.3, 0.4) is 0 Å². The lowest BCUT2D eigenvalue weighted by atomic mass is 10.1. The van der Waals surface area contributed by atoms with Crippen LogP contribution in [-0.2, 0) is 24.8 Å². The van der Waals surface area contributed by atoms with Crippen LogP contribution in [0.15, 0.2) is 12.1 Å². The van der Waals surface area contributed by atoms with Crippen LogP contribution in [0, 0.1) is 25.5 Å². The van der Waals surface area contributed by atoms with Crippen molar-refractivity contribution >= 4 is 5.91 Å². The highest BCUT2D eigenvalue weighted by Gasteiger charge is 2.15. The van der Waals surface area contributed by atoms with Gasteiger partial charge in [-0.3, -0.25) is 9.48 Å². The second-order valence-corrected chi connectivity index (χ2v) is 5.60. The van der Waals surface area contributed by atoms with Crippen LogP contribution in [0.2, 0.25) is 0 Å². The molecular weight excluding hydrogens is 316 g/mol. The van der Waals surface area contributed by atoms with Gasteiger partial charge in [0.25, 0.3) is 0 Å². The Labute approximate surface area is 139 Å². The molecule has 1 aromatic carbocycles. The number of carbonyl (C=O) groups is 1. The maximum absolute atomic E-state index is 13.8. The van der Waals surface area contributed by atoms with Gasteiger partial charge >= 0.3 is 0 Å². The number of aryl methyl sites for hydroxylation is 2. The number of aromatic nitrogens is 2. The summed E-state index contributed by atoms with van der Waals surface area (Å²) in [6.45, 7) is 3.77. The van der Waals surface area contributed by atoms with E-state index in [4.69, 9.17) is 4.74 Å². The molecule has 2 aromatic rings. The Balaban J connectivity index is 1.93. The van der Waals surface area contributed by atoms with Crippen LogP contribution in [0.5, 0.6) is 5.75 Å². The fourth-order valence-electron chi connectivity index (χ4n) is 2.57. The first kappa shape index (κ1) is 17.9. The Bertz CT molecular complexity index is 757. The molecule has 1 aromatic heterocycles. The highest BCUT2D eigenvalue weighted by molar-refractivity contribution is 5.76. The van der Waals surface area contributed by atoms with E-state index in [2.05, 4.69) is 10.4 Å². The van der Waals surface area contributed by atoms with Gasteiger partial charge in [-0.2, -0.15) is 9.49 Å². The quantitative estimate of drug-likeness (QED) is 0.881. The Morgan fingerprint density at radius 2 is 2.00 bits per heavy atom. The Morgan fingerprint density at radius 3 is 2.58 bits per heavy atom. The molecule has 24 heavy (non-hydrogen) atoms. The maximum atomic E-state index is 13.8. The minimum absolute atomic E-state index is 0.0728. The van der Waals surface area contributed by atoms with Crippen LogP contribution in [0.1, 0.15) is 28.9 Å². The molecular formula is C17H21F2N3O2. The normalized spacial score (nSPS) is 10.8. The third-order valence-electron chi connectivity index (χ3n) is 4.08. The molecule has 5 nitrogen and oxygen atoms in total. The number of rotatable bonds is 6. The Hall–Kier alpha value is -2.44. The van der Waals surface area contributed by atoms with Gasteiger partial charge in [0.05, 0.1) is 12.8 Å². The number of nitrogens with zero attached hydrogens (tertiary/aromatic N) is 2. The van der Waals surface area contributed by atoms with Crippen molar-refractivity contribution < 1.29 is 18.3 Å². The summed E-state index contributed by atoms with van der Waals surface area (Å²) in [7, 11) is 3.12. The van der Waals surface area contributed by atoms with Crippen LogP contribution in [0.4, 0.5) is 8.78 Å². The molecule has 0 atom stereocenters. The second-order valence-electron chi connectivity index (χ2n) is 5.60. The lowest BCUT2D eigenvalue weighted by Crippen LogP contribution is -2.24. The molecule has 0 fully saturated rings. The number of ether oxygens (including phenoxy) is 1. The largest absolute Gasteiger partial charge is 0.494 e. The number of hydrogen-bond donors (Lipinski definition) is 1. The number of halogens is 2. The Morgan fingerprint density at radius 1 is 1.29 bits per heavy atom. The summed E-state index contributed by atoms with van der Waals surface area (Å²) in [5, 5.41) is 6.91. The average molecular weight is 337 g/mol. The monoisotopic (exact) mass is 337 g/mol. The summed E-state index contributed by atoms with van der Waals surface area (Å²) in [6.07, 6.45) is 0.810. The minimum atomic E-state index is -1.05. The maximum Gasteiger partial charge on any atom is 0.220 e. The van der Waals surface area contributed by atoms with E-state index < -0.39 is 11.6 Å². The smallest absolute Gasteiger partial charge is 0.220 e. The molecule has 2 rings (SSSR count). The minimum Gasteiger partial charge on any atom is -0.494 e. The molecule has 0 aliphatic carbocycles. The molecule has 0 bridgehead atoms. The van der Waals surface area contributed by atoms with E-state index in [1.54, 1.807) is 4.68 Å². The van der Waals surface area contributed by atoms with Crippen molar-refractivity contribution in [3.05, 3.63) is 46.3 Å². The average Bonchev–Trinajstić information content (AvgIpc) is 2.79. The number of nitrogens with one attached hydrogen (secondary N) is 1. The first-order chi connectivity index (χ1) is 11.3. The van der Waals surface area contributed by atoms with Gasteiger partial charge < -0.3 is 10.1 Å². The van der Waals surface area contributed by atoms with Gasteiger partial charge in [-0.25, -0.2) is 4.39 Å². The van der Waals surface area contributed by atoms with E-state index in [0.29, 0.717) is 6.42 Å². The molecule has 0 saturated carbocycles. The fourth-order valence-corrected chi connectivity index (χ4v) is 2.57. The van der Waals surface area contributed by atoms with Gasteiger partial charge in [0.2, 0.25) is 11.7 Å². The zero-order valence-electron chi connectivity index (χ0n) is 14.2. The summed E-state index contributed by atoms with van der Waals surface area (Å²) in [6, 6.07) is 2.73. The zero-order chi connectivity index (χ0) is 17.9. The molecule has 7 heteroatoms. The third kappa shape index (κ3) is 3.72. The van der Waals surface area contributed by atoms with E-state index in [0.717, 1.165) is 17.0 Å². The first-order valence-corrected chi connectivity index (χ1v) is 7.61. The van der Waals surface area contributed by atoms with Crippen molar-refractivity contribution in [1.29, 1.82) is 0 Å². The van der Waals surface area contributed by atoms with Gasteiger partial charge in [0.15, 0.2) is 11.6 Å². The summed E-state index contributed by atoms with van der Waals surface area (Å²) in [5.74, 6) is -2.45. The van der Waals surface area contributed by atoms with Gasteiger partial charge in [0.1, 0.15) is 0 Å². The van der Waals surface area contributed by atoms with Gasteiger partial charge in [0, 0.05) is 31.3 Å². The van der Waals surface area contributed by atoms with Crippen molar-refractivity contribution in [3.8, 4) is 5.75 Å². The van der Waals surface area contributed by atoms with Crippen LogP contribution in [0.25, 0.3) is 0 Å². The molecule has 1 N–H and O–H groups in total. The van der Waals surface area contributed by atoms with Gasteiger partial charge in [-0.05, 0) is 31.9 Å². The van der Waals surface area contributed by atoms with Crippen molar-refractivity contribution in [2.45, 2.75) is 33.2 Å². The molecule has 0 aliphatic heterocycles. The van der Waals surface area contributed by atoms with Crippen molar-refractivity contribution in [3.63, 3.8) is 0 Å². The predicted octanol–water partition coefficient (Wildman–Crippen LogP) is 2.57. The molecule has 1 heterocycles. The number of amides is 1. The van der Waals surface area contributed by atoms with Crippen molar-refractivity contribution in [2.75, 3.05) is 7.11 Å². The number of carbonyl (C=O) groups excluding carboxylic acids is 1. The SMILES string of the molecule is COc1ccc(CNC(=O)CCc2c(C)nn(C)c2C)c(F)c1F. The molecule has 0 saturated heterocycles. The number of methoxy groups -OCH3 is 1. The van der Waals surface area contributed by atoms with Crippen LogP contribution in [-0.4, -0.2) is 22.8 Å². The molecule has 0 unspecified atom stereocenters. The van der Waals surface area contributed by atoms with E-state index in [9.17, 15) is 13.6 Å². The molecule has 0 spiro atoms. The summed E-state index contributed by atoms with van der Waals surface area (Å²) in [5.41, 5.74) is 3.03. The fraction of sp³-hybridized carbons (Fsp3) is 0.412.